The number of aryl methyl sites for hydroxylation is 2. The third-order valence-electron chi connectivity index (χ3n) is 3.95. The number of rotatable bonds is 4. The highest BCUT2D eigenvalue weighted by Gasteiger charge is 2.22. The maximum Gasteiger partial charge on any atom is 0.227 e. The van der Waals surface area contributed by atoms with Gasteiger partial charge in [-0.2, -0.15) is 4.98 Å². The summed E-state index contributed by atoms with van der Waals surface area (Å²) in [6.45, 7) is 4.74. The second-order valence-corrected chi connectivity index (χ2v) is 5.96. The molecule has 1 aliphatic rings. The first kappa shape index (κ1) is 15.8. The number of anilines is 1. The number of benzene rings is 1. The Kier molecular flexibility index (Phi) is 4.81. The summed E-state index contributed by atoms with van der Waals surface area (Å²) in [5, 5.41) is 4.48. The molecule has 3 rings (SSSR count). The zero-order valence-electron chi connectivity index (χ0n) is 13.0. The van der Waals surface area contributed by atoms with Crippen molar-refractivity contribution in [2.45, 2.75) is 19.8 Å². The van der Waals surface area contributed by atoms with E-state index in [0.29, 0.717) is 37.6 Å². The standard InChI is InChI=1S/C16H19ClN4O2/c1-12-18-15(23-19-12)6-7-16(22)21-10-8-20(9-11-21)14-5-3-2-4-13(14)17/h2-5H,6-11H2,1H3. The molecule has 1 aromatic carbocycles. The van der Waals surface area contributed by atoms with Crippen LogP contribution in [0.4, 0.5) is 5.69 Å². The molecule has 6 nitrogen and oxygen atoms in total. The lowest BCUT2D eigenvalue weighted by molar-refractivity contribution is -0.131. The molecule has 23 heavy (non-hydrogen) atoms. The zero-order valence-corrected chi connectivity index (χ0v) is 13.8. The van der Waals surface area contributed by atoms with E-state index >= 15 is 0 Å². The monoisotopic (exact) mass is 334 g/mol. The highest BCUT2D eigenvalue weighted by Crippen LogP contribution is 2.26. The summed E-state index contributed by atoms with van der Waals surface area (Å²) in [4.78, 5) is 20.5. The fourth-order valence-electron chi connectivity index (χ4n) is 2.72. The molecule has 0 atom stereocenters. The molecule has 0 N–H and O–H groups in total. The summed E-state index contributed by atoms with van der Waals surface area (Å²) < 4.78 is 5.04. The van der Waals surface area contributed by atoms with Crippen LogP contribution in [-0.4, -0.2) is 47.1 Å². The number of hydrogen-bond acceptors (Lipinski definition) is 5. The lowest BCUT2D eigenvalue weighted by atomic mass is 10.2. The van der Waals surface area contributed by atoms with Crippen molar-refractivity contribution in [3.05, 3.63) is 41.0 Å². The molecule has 0 aliphatic carbocycles. The second-order valence-electron chi connectivity index (χ2n) is 5.55. The Morgan fingerprint density at radius 3 is 2.65 bits per heavy atom. The van der Waals surface area contributed by atoms with E-state index in [2.05, 4.69) is 15.0 Å². The minimum atomic E-state index is 0.125. The van der Waals surface area contributed by atoms with Gasteiger partial charge < -0.3 is 14.3 Å². The van der Waals surface area contributed by atoms with E-state index in [9.17, 15) is 4.79 Å². The number of halogens is 1. The number of para-hydroxylation sites is 1. The Morgan fingerprint density at radius 2 is 2.00 bits per heavy atom. The quantitative estimate of drug-likeness (QED) is 0.858. The summed E-state index contributed by atoms with van der Waals surface area (Å²) in [5.74, 6) is 1.24. The maximum atomic E-state index is 12.3. The van der Waals surface area contributed by atoms with Crippen LogP contribution < -0.4 is 4.90 Å². The Bertz CT molecular complexity index is 680. The van der Waals surface area contributed by atoms with E-state index < -0.39 is 0 Å². The van der Waals surface area contributed by atoms with Crippen LogP contribution in [0.15, 0.2) is 28.8 Å². The number of hydrogen-bond donors (Lipinski definition) is 0. The van der Waals surface area contributed by atoms with Crippen molar-refractivity contribution in [3.8, 4) is 0 Å². The highest BCUT2D eigenvalue weighted by atomic mass is 35.5. The lowest BCUT2D eigenvalue weighted by Crippen LogP contribution is -2.48. The van der Waals surface area contributed by atoms with E-state index in [1.807, 2.05) is 29.2 Å². The molecule has 1 aliphatic heterocycles. The van der Waals surface area contributed by atoms with E-state index in [1.54, 1.807) is 6.92 Å². The van der Waals surface area contributed by atoms with Crippen LogP contribution in [0.25, 0.3) is 0 Å². The molecule has 7 heteroatoms. The van der Waals surface area contributed by atoms with Crippen LogP contribution in [0.1, 0.15) is 18.1 Å². The molecule has 2 aromatic rings. The van der Waals surface area contributed by atoms with Crippen molar-refractivity contribution < 1.29 is 9.32 Å². The third-order valence-corrected chi connectivity index (χ3v) is 4.27. The molecule has 0 saturated carbocycles. The third kappa shape index (κ3) is 3.82. The minimum Gasteiger partial charge on any atom is -0.367 e. The van der Waals surface area contributed by atoms with Crippen LogP contribution in [0.3, 0.4) is 0 Å². The van der Waals surface area contributed by atoms with Gasteiger partial charge in [-0.25, -0.2) is 0 Å². The average molecular weight is 335 g/mol. The summed E-state index contributed by atoms with van der Waals surface area (Å²) in [6.07, 6.45) is 0.887. The Labute approximate surface area is 140 Å². The molecular weight excluding hydrogens is 316 g/mol. The molecule has 122 valence electrons. The van der Waals surface area contributed by atoms with Crippen molar-refractivity contribution in [1.82, 2.24) is 15.0 Å². The SMILES string of the molecule is Cc1noc(CCC(=O)N2CCN(c3ccccc3Cl)CC2)n1. The fourth-order valence-corrected chi connectivity index (χ4v) is 2.97. The summed E-state index contributed by atoms with van der Waals surface area (Å²) >= 11 is 6.23. The number of aromatic nitrogens is 2. The molecule has 0 spiro atoms. The normalized spacial score (nSPS) is 15.0. The van der Waals surface area contributed by atoms with Gasteiger partial charge in [0.15, 0.2) is 5.82 Å². The van der Waals surface area contributed by atoms with Gasteiger partial charge in [0.2, 0.25) is 11.8 Å². The van der Waals surface area contributed by atoms with Crippen molar-refractivity contribution in [2.24, 2.45) is 0 Å². The largest absolute Gasteiger partial charge is 0.367 e. The molecule has 0 bridgehead atoms. The van der Waals surface area contributed by atoms with Crippen LogP contribution in [0.2, 0.25) is 5.02 Å². The van der Waals surface area contributed by atoms with Crippen LogP contribution in [-0.2, 0) is 11.2 Å². The molecule has 1 saturated heterocycles. The van der Waals surface area contributed by atoms with Crippen LogP contribution in [0.5, 0.6) is 0 Å². The number of piperazine rings is 1. The molecule has 0 radical (unpaired) electrons. The van der Waals surface area contributed by atoms with E-state index in [1.165, 1.54) is 0 Å². The first-order valence-electron chi connectivity index (χ1n) is 7.70. The van der Waals surface area contributed by atoms with Crippen LogP contribution in [0, 0.1) is 6.92 Å². The lowest BCUT2D eigenvalue weighted by Gasteiger charge is -2.36. The van der Waals surface area contributed by atoms with Gasteiger partial charge in [-0.05, 0) is 19.1 Å². The van der Waals surface area contributed by atoms with Crippen LogP contribution >= 0.6 is 11.6 Å². The van der Waals surface area contributed by atoms with Gasteiger partial charge in [0.1, 0.15) is 0 Å². The van der Waals surface area contributed by atoms with Gasteiger partial charge in [-0.15, -0.1) is 0 Å². The predicted octanol–water partition coefficient (Wildman–Crippen LogP) is 2.31. The fraction of sp³-hybridized carbons (Fsp3) is 0.438. The smallest absolute Gasteiger partial charge is 0.227 e. The minimum absolute atomic E-state index is 0.125. The second kappa shape index (κ2) is 7.00. The molecule has 1 fully saturated rings. The molecular formula is C16H19ClN4O2. The number of carbonyl (C=O) groups is 1. The van der Waals surface area contributed by atoms with Gasteiger partial charge >= 0.3 is 0 Å². The number of carbonyl (C=O) groups excluding carboxylic acids is 1. The summed E-state index contributed by atoms with van der Waals surface area (Å²) in [7, 11) is 0. The van der Waals surface area contributed by atoms with Crippen molar-refractivity contribution in [3.63, 3.8) is 0 Å². The van der Waals surface area contributed by atoms with Gasteiger partial charge in [0, 0.05) is 39.0 Å². The van der Waals surface area contributed by atoms with Crippen molar-refractivity contribution in [2.75, 3.05) is 31.1 Å². The molecule has 1 amide bonds. The summed E-state index contributed by atoms with van der Waals surface area (Å²) in [5.41, 5.74) is 1.03. The number of nitrogens with zero attached hydrogens (tertiary/aromatic N) is 4. The first-order valence-corrected chi connectivity index (χ1v) is 8.08. The average Bonchev–Trinajstić information content (AvgIpc) is 2.99. The first-order chi connectivity index (χ1) is 11.1. The van der Waals surface area contributed by atoms with E-state index in [-0.39, 0.29) is 5.91 Å². The van der Waals surface area contributed by atoms with Gasteiger partial charge in [0.05, 0.1) is 10.7 Å². The zero-order chi connectivity index (χ0) is 16.2. The molecule has 0 unspecified atom stereocenters. The molecule has 2 heterocycles. The topological polar surface area (TPSA) is 62.5 Å². The highest BCUT2D eigenvalue weighted by molar-refractivity contribution is 6.33. The van der Waals surface area contributed by atoms with E-state index in [4.69, 9.17) is 16.1 Å². The Hall–Kier alpha value is -2.08. The van der Waals surface area contributed by atoms with Gasteiger partial charge in [-0.1, -0.05) is 28.9 Å². The van der Waals surface area contributed by atoms with Gasteiger partial charge in [-0.3, -0.25) is 4.79 Å². The van der Waals surface area contributed by atoms with Crippen molar-refractivity contribution in [1.29, 1.82) is 0 Å². The molecule has 1 aromatic heterocycles. The Balaban J connectivity index is 1.50. The van der Waals surface area contributed by atoms with E-state index in [0.717, 1.165) is 23.8 Å². The number of amides is 1. The Morgan fingerprint density at radius 1 is 1.26 bits per heavy atom. The predicted molar refractivity (Wildman–Crippen MR) is 87.6 cm³/mol. The van der Waals surface area contributed by atoms with Crippen molar-refractivity contribution >= 4 is 23.2 Å². The van der Waals surface area contributed by atoms with Gasteiger partial charge in [0.25, 0.3) is 0 Å². The maximum absolute atomic E-state index is 12.3. The summed E-state index contributed by atoms with van der Waals surface area (Å²) in [6, 6.07) is 7.80.